The topological polar surface area (TPSA) is 3.24 Å². The van der Waals surface area contributed by atoms with Gasteiger partial charge in [0.15, 0.2) is 0 Å². The standard InChI is InChI=1S/C18H20FN/c1-14-5-2-7-16(11-14)18-9-4-10-20(18)13-15-6-3-8-17(19)12-15/h2-3,5-8,11-12,18H,4,9-10,13H2,1H3/t18-/m0/s1. The molecular formula is C18H20FN. The lowest BCUT2D eigenvalue weighted by atomic mass is 10.0. The average Bonchev–Trinajstić information content (AvgIpc) is 2.87. The first-order chi connectivity index (χ1) is 9.72. The Balaban J connectivity index is 1.79. The van der Waals surface area contributed by atoms with Crippen molar-refractivity contribution >= 4 is 0 Å². The summed E-state index contributed by atoms with van der Waals surface area (Å²) in [5, 5.41) is 0. The first kappa shape index (κ1) is 13.3. The Morgan fingerprint density at radius 2 is 2.00 bits per heavy atom. The van der Waals surface area contributed by atoms with E-state index < -0.39 is 0 Å². The molecule has 3 rings (SSSR count). The minimum atomic E-state index is -0.145. The molecule has 20 heavy (non-hydrogen) atoms. The molecule has 0 aromatic heterocycles. The average molecular weight is 269 g/mol. The molecule has 0 saturated carbocycles. The van der Waals surface area contributed by atoms with Crippen LogP contribution in [0.3, 0.4) is 0 Å². The van der Waals surface area contributed by atoms with Gasteiger partial charge in [-0.2, -0.15) is 0 Å². The molecule has 2 aromatic carbocycles. The quantitative estimate of drug-likeness (QED) is 0.794. The number of hydrogen-bond acceptors (Lipinski definition) is 1. The highest BCUT2D eigenvalue weighted by atomic mass is 19.1. The molecule has 1 heterocycles. The zero-order valence-corrected chi connectivity index (χ0v) is 11.8. The van der Waals surface area contributed by atoms with Crippen LogP contribution in [-0.2, 0) is 6.54 Å². The van der Waals surface area contributed by atoms with Gasteiger partial charge in [0.25, 0.3) is 0 Å². The van der Waals surface area contributed by atoms with Crippen LogP contribution in [0.25, 0.3) is 0 Å². The van der Waals surface area contributed by atoms with Crippen molar-refractivity contribution < 1.29 is 4.39 Å². The molecule has 1 nitrogen and oxygen atoms in total. The molecule has 0 unspecified atom stereocenters. The fraction of sp³-hybridized carbons (Fsp3) is 0.333. The molecular weight excluding hydrogens is 249 g/mol. The lowest BCUT2D eigenvalue weighted by Gasteiger charge is -2.25. The van der Waals surface area contributed by atoms with Crippen molar-refractivity contribution in [2.45, 2.75) is 32.4 Å². The van der Waals surface area contributed by atoms with E-state index >= 15 is 0 Å². The van der Waals surface area contributed by atoms with Gasteiger partial charge < -0.3 is 0 Å². The van der Waals surface area contributed by atoms with E-state index in [0.717, 1.165) is 18.7 Å². The van der Waals surface area contributed by atoms with E-state index in [-0.39, 0.29) is 5.82 Å². The van der Waals surface area contributed by atoms with Crippen molar-refractivity contribution in [1.29, 1.82) is 0 Å². The number of rotatable bonds is 3. The zero-order chi connectivity index (χ0) is 13.9. The van der Waals surface area contributed by atoms with Crippen LogP contribution >= 0.6 is 0 Å². The molecule has 0 aliphatic carbocycles. The van der Waals surface area contributed by atoms with E-state index in [0.29, 0.717) is 6.04 Å². The van der Waals surface area contributed by atoms with Crippen LogP contribution in [0.1, 0.15) is 35.6 Å². The first-order valence-electron chi connectivity index (χ1n) is 7.27. The molecule has 0 N–H and O–H groups in total. The first-order valence-corrected chi connectivity index (χ1v) is 7.27. The predicted octanol–water partition coefficient (Wildman–Crippen LogP) is 4.47. The highest BCUT2D eigenvalue weighted by molar-refractivity contribution is 5.26. The molecule has 1 aliphatic rings. The Bertz CT molecular complexity index is 593. The van der Waals surface area contributed by atoms with Crippen LogP contribution in [0.2, 0.25) is 0 Å². The Hall–Kier alpha value is -1.67. The van der Waals surface area contributed by atoms with E-state index in [2.05, 4.69) is 36.1 Å². The monoisotopic (exact) mass is 269 g/mol. The summed E-state index contributed by atoms with van der Waals surface area (Å²) >= 11 is 0. The van der Waals surface area contributed by atoms with Crippen LogP contribution in [0.4, 0.5) is 4.39 Å². The van der Waals surface area contributed by atoms with E-state index in [1.54, 1.807) is 12.1 Å². The third kappa shape index (κ3) is 2.91. The molecule has 0 amide bonds. The SMILES string of the molecule is Cc1cccc([C@@H]2CCCN2Cc2cccc(F)c2)c1. The van der Waals surface area contributed by atoms with Gasteiger partial charge in [0.05, 0.1) is 0 Å². The van der Waals surface area contributed by atoms with Gasteiger partial charge in [-0.3, -0.25) is 4.90 Å². The molecule has 0 bridgehead atoms. The number of aryl methyl sites for hydroxylation is 1. The van der Waals surface area contributed by atoms with Crippen molar-refractivity contribution in [3.8, 4) is 0 Å². The summed E-state index contributed by atoms with van der Waals surface area (Å²) in [6, 6.07) is 16.2. The Morgan fingerprint density at radius 1 is 1.15 bits per heavy atom. The van der Waals surface area contributed by atoms with Crippen molar-refractivity contribution in [3.05, 3.63) is 71.0 Å². The zero-order valence-electron chi connectivity index (χ0n) is 11.8. The van der Waals surface area contributed by atoms with Crippen molar-refractivity contribution in [2.75, 3.05) is 6.54 Å². The highest BCUT2D eigenvalue weighted by Gasteiger charge is 2.25. The van der Waals surface area contributed by atoms with Gasteiger partial charge in [-0.1, -0.05) is 42.0 Å². The summed E-state index contributed by atoms with van der Waals surface area (Å²) in [6.45, 7) is 4.06. The lowest BCUT2D eigenvalue weighted by Crippen LogP contribution is -2.22. The molecule has 104 valence electrons. The number of nitrogens with zero attached hydrogens (tertiary/aromatic N) is 1. The van der Waals surface area contributed by atoms with E-state index in [1.165, 1.54) is 30.0 Å². The second-order valence-electron chi connectivity index (χ2n) is 5.67. The number of hydrogen-bond donors (Lipinski definition) is 0. The lowest BCUT2D eigenvalue weighted by molar-refractivity contribution is 0.248. The molecule has 2 heteroatoms. The van der Waals surface area contributed by atoms with Crippen LogP contribution in [0.15, 0.2) is 48.5 Å². The summed E-state index contributed by atoms with van der Waals surface area (Å²) < 4.78 is 13.3. The summed E-state index contributed by atoms with van der Waals surface area (Å²) in [6.07, 6.45) is 2.41. The normalized spacial score (nSPS) is 19.4. The van der Waals surface area contributed by atoms with Gasteiger partial charge in [-0.05, 0) is 49.6 Å². The maximum Gasteiger partial charge on any atom is 0.123 e. The number of likely N-dealkylation sites (tertiary alicyclic amines) is 1. The van der Waals surface area contributed by atoms with Crippen LogP contribution in [0.5, 0.6) is 0 Å². The van der Waals surface area contributed by atoms with E-state index in [9.17, 15) is 4.39 Å². The molecule has 1 fully saturated rings. The summed E-state index contributed by atoms with van der Waals surface area (Å²) in [7, 11) is 0. The fourth-order valence-electron chi connectivity index (χ4n) is 3.14. The Morgan fingerprint density at radius 3 is 2.80 bits per heavy atom. The summed E-state index contributed by atoms with van der Waals surface area (Å²) in [5.74, 6) is -0.145. The second kappa shape index (κ2) is 5.76. The molecule has 1 aliphatic heterocycles. The molecule has 1 saturated heterocycles. The summed E-state index contributed by atoms with van der Waals surface area (Å²) in [5.41, 5.74) is 3.75. The highest BCUT2D eigenvalue weighted by Crippen LogP contribution is 2.33. The maximum atomic E-state index is 13.3. The number of benzene rings is 2. The maximum absolute atomic E-state index is 13.3. The third-order valence-electron chi connectivity index (χ3n) is 4.07. The van der Waals surface area contributed by atoms with Gasteiger partial charge in [0.2, 0.25) is 0 Å². The molecule has 0 spiro atoms. The second-order valence-corrected chi connectivity index (χ2v) is 5.67. The smallest absolute Gasteiger partial charge is 0.123 e. The fourth-order valence-corrected chi connectivity index (χ4v) is 3.14. The van der Waals surface area contributed by atoms with Gasteiger partial charge in [-0.25, -0.2) is 4.39 Å². The van der Waals surface area contributed by atoms with Gasteiger partial charge >= 0.3 is 0 Å². The van der Waals surface area contributed by atoms with Crippen LogP contribution in [0, 0.1) is 12.7 Å². The Kier molecular flexibility index (Phi) is 3.83. The van der Waals surface area contributed by atoms with Crippen LogP contribution in [-0.4, -0.2) is 11.4 Å². The third-order valence-corrected chi connectivity index (χ3v) is 4.07. The van der Waals surface area contributed by atoms with Crippen LogP contribution < -0.4 is 0 Å². The molecule has 0 radical (unpaired) electrons. The van der Waals surface area contributed by atoms with Gasteiger partial charge in [0, 0.05) is 12.6 Å². The minimum absolute atomic E-state index is 0.145. The van der Waals surface area contributed by atoms with Gasteiger partial charge in [0.1, 0.15) is 5.82 Å². The Labute approximate surface area is 120 Å². The summed E-state index contributed by atoms with van der Waals surface area (Å²) in [4.78, 5) is 2.46. The van der Waals surface area contributed by atoms with E-state index in [1.807, 2.05) is 6.07 Å². The van der Waals surface area contributed by atoms with Crippen molar-refractivity contribution in [3.63, 3.8) is 0 Å². The largest absolute Gasteiger partial charge is 0.292 e. The predicted molar refractivity (Wildman–Crippen MR) is 80.0 cm³/mol. The van der Waals surface area contributed by atoms with Crippen molar-refractivity contribution in [2.24, 2.45) is 0 Å². The van der Waals surface area contributed by atoms with E-state index in [4.69, 9.17) is 0 Å². The minimum Gasteiger partial charge on any atom is -0.292 e. The van der Waals surface area contributed by atoms with Gasteiger partial charge in [-0.15, -0.1) is 0 Å². The molecule has 2 aromatic rings. The number of halogens is 1. The van der Waals surface area contributed by atoms with Crippen molar-refractivity contribution in [1.82, 2.24) is 4.90 Å². The molecule has 1 atom stereocenters.